The van der Waals surface area contributed by atoms with Crippen LogP contribution in [0.5, 0.6) is 0 Å². The molecule has 0 spiro atoms. The molecule has 0 radical (unpaired) electrons. The molecule has 30 heavy (non-hydrogen) atoms. The fourth-order valence-corrected chi connectivity index (χ4v) is 4.25. The number of hydrogen-bond acceptors (Lipinski definition) is 3. The Labute approximate surface area is 185 Å². The van der Waals surface area contributed by atoms with E-state index in [1.807, 2.05) is 11.0 Å². The van der Waals surface area contributed by atoms with E-state index in [-0.39, 0.29) is 11.9 Å². The Morgan fingerprint density at radius 1 is 0.867 bits per heavy atom. The molecule has 0 N–H and O–H groups in total. The molecule has 4 nitrogen and oxygen atoms in total. The van der Waals surface area contributed by atoms with Crippen LogP contribution in [-0.2, 0) is 0 Å². The Balaban J connectivity index is 1.52. The van der Waals surface area contributed by atoms with E-state index < -0.39 is 0 Å². The highest BCUT2D eigenvalue weighted by Gasteiger charge is 2.28. The Kier molecular flexibility index (Phi) is 6.27. The summed E-state index contributed by atoms with van der Waals surface area (Å²) in [6, 6.07) is 28.2. The van der Waals surface area contributed by atoms with E-state index in [1.54, 1.807) is 24.3 Å². The van der Waals surface area contributed by atoms with Crippen LogP contribution < -0.4 is 0 Å². The summed E-state index contributed by atoms with van der Waals surface area (Å²) in [5, 5.41) is 9.10. The third kappa shape index (κ3) is 4.46. The number of benzene rings is 3. The maximum Gasteiger partial charge on any atom is 0.253 e. The fourth-order valence-electron chi connectivity index (χ4n) is 3.98. The van der Waals surface area contributed by atoms with Crippen molar-refractivity contribution in [2.24, 2.45) is 0 Å². The molecule has 1 heterocycles. The van der Waals surface area contributed by atoms with Crippen LogP contribution in [0, 0.1) is 11.3 Å². The van der Waals surface area contributed by atoms with E-state index in [0.29, 0.717) is 24.2 Å². The SMILES string of the molecule is N#Cc1cccc(C(=O)N2CCN([C@H](c3ccccc3)c3ccc(Br)cc3)CC2)c1. The number of carbonyl (C=O) groups is 1. The molecule has 0 aliphatic carbocycles. The number of carbonyl (C=O) groups excluding carboxylic acids is 1. The van der Waals surface area contributed by atoms with Gasteiger partial charge >= 0.3 is 0 Å². The molecule has 0 unspecified atom stereocenters. The summed E-state index contributed by atoms with van der Waals surface area (Å²) in [5.41, 5.74) is 3.58. The molecule has 150 valence electrons. The number of nitrogens with zero attached hydrogens (tertiary/aromatic N) is 3. The minimum atomic E-state index is -0.00773. The third-order valence-corrected chi connectivity index (χ3v) is 6.03. The molecular formula is C25H22BrN3O. The molecule has 1 fully saturated rings. The van der Waals surface area contributed by atoms with E-state index in [0.717, 1.165) is 17.6 Å². The summed E-state index contributed by atoms with van der Waals surface area (Å²) >= 11 is 3.53. The Bertz CT molecular complexity index is 1050. The highest BCUT2D eigenvalue weighted by atomic mass is 79.9. The number of hydrogen-bond donors (Lipinski definition) is 0. The first-order valence-electron chi connectivity index (χ1n) is 9.99. The molecule has 0 bridgehead atoms. The topological polar surface area (TPSA) is 47.3 Å². The van der Waals surface area contributed by atoms with Crippen molar-refractivity contribution in [1.82, 2.24) is 9.80 Å². The molecule has 3 aromatic carbocycles. The normalized spacial score (nSPS) is 15.4. The van der Waals surface area contributed by atoms with E-state index in [9.17, 15) is 4.79 Å². The van der Waals surface area contributed by atoms with Gasteiger partial charge in [0.1, 0.15) is 0 Å². The van der Waals surface area contributed by atoms with Crippen molar-refractivity contribution in [3.8, 4) is 6.07 Å². The molecule has 1 aliphatic heterocycles. The van der Waals surface area contributed by atoms with Gasteiger partial charge in [0.15, 0.2) is 0 Å². The van der Waals surface area contributed by atoms with Crippen molar-refractivity contribution >= 4 is 21.8 Å². The number of piperazine rings is 1. The summed E-state index contributed by atoms with van der Waals surface area (Å²) < 4.78 is 1.06. The van der Waals surface area contributed by atoms with Gasteiger partial charge in [0.25, 0.3) is 5.91 Å². The molecular weight excluding hydrogens is 438 g/mol. The smallest absolute Gasteiger partial charge is 0.253 e. The lowest BCUT2D eigenvalue weighted by Crippen LogP contribution is -2.49. The number of halogens is 1. The van der Waals surface area contributed by atoms with Crippen molar-refractivity contribution in [2.45, 2.75) is 6.04 Å². The van der Waals surface area contributed by atoms with Gasteiger partial charge in [-0.05, 0) is 41.5 Å². The predicted octanol–water partition coefficient (Wildman–Crippen LogP) is 4.87. The number of nitriles is 1. The second-order valence-corrected chi connectivity index (χ2v) is 8.30. The van der Waals surface area contributed by atoms with Gasteiger partial charge < -0.3 is 4.90 Å². The van der Waals surface area contributed by atoms with Crippen molar-refractivity contribution in [3.63, 3.8) is 0 Å². The highest BCUT2D eigenvalue weighted by molar-refractivity contribution is 9.10. The lowest BCUT2D eigenvalue weighted by Gasteiger charge is -2.39. The van der Waals surface area contributed by atoms with E-state index in [1.165, 1.54) is 11.1 Å². The third-order valence-electron chi connectivity index (χ3n) is 5.51. The van der Waals surface area contributed by atoms with Crippen molar-refractivity contribution in [2.75, 3.05) is 26.2 Å². The van der Waals surface area contributed by atoms with Crippen molar-refractivity contribution in [3.05, 3.63) is 106 Å². The Hall–Kier alpha value is -2.94. The average molecular weight is 460 g/mol. The fraction of sp³-hybridized carbons (Fsp3) is 0.200. The maximum atomic E-state index is 12.9. The van der Waals surface area contributed by atoms with Gasteiger partial charge in [-0.15, -0.1) is 0 Å². The quantitative estimate of drug-likeness (QED) is 0.558. The highest BCUT2D eigenvalue weighted by Crippen LogP contribution is 2.30. The minimum absolute atomic E-state index is 0.00773. The van der Waals surface area contributed by atoms with E-state index >= 15 is 0 Å². The zero-order valence-electron chi connectivity index (χ0n) is 16.5. The molecule has 0 aromatic heterocycles. The maximum absolute atomic E-state index is 12.9. The summed E-state index contributed by atoms with van der Waals surface area (Å²) in [4.78, 5) is 17.2. The first-order chi connectivity index (χ1) is 14.7. The zero-order chi connectivity index (χ0) is 20.9. The Morgan fingerprint density at radius 3 is 2.20 bits per heavy atom. The molecule has 5 heteroatoms. The second-order valence-electron chi connectivity index (χ2n) is 7.39. The minimum Gasteiger partial charge on any atom is -0.336 e. The molecule has 4 rings (SSSR count). The van der Waals surface area contributed by atoms with Crippen LogP contribution in [0.15, 0.2) is 83.3 Å². The van der Waals surface area contributed by atoms with Crippen LogP contribution in [0.1, 0.15) is 33.1 Å². The average Bonchev–Trinajstić information content (AvgIpc) is 2.81. The van der Waals surface area contributed by atoms with Crippen LogP contribution in [0.4, 0.5) is 0 Å². The number of amides is 1. The first-order valence-corrected chi connectivity index (χ1v) is 10.8. The molecule has 1 amide bonds. The van der Waals surface area contributed by atoms with Crippen molar-refractivity contribution < 1.29 is 4.79 Å². The molecule has 0 saturated carbocycles. The molecule has 1 saturated heterocycles. The largest absolute Gasteiger partial charge is 0.336 e. The van der Waals surface area contributed by atoms with Crippen LogP contribution >= 0.6 is 15.9 Å². The van der Waals surface area contributed by atoms with Gasteiger partial charge in [-0.25, -0.2) is 0 Å². The summed E-state index contributed by atoms with van der Waals surface area (Å²) in [5.74, 6) is -0.00773. The Morgan fingerprint density at radius 2 is 1.53 bits per heavy atom. The molecule has 3 aromatic rings. The molecule has 1 aliphatic rings. The van der Waals surface area contributed by atoms with Crippen LogP contribution in [0.2, 0.25) is 0 Å². The lowest BCUT2D eigenvalue weighted by molar-refractivity contribution is 0.0597. The molecule has 1 atom stereocenters. The van der Waals surface area contributed by atoms with Crippen molar-refractivity contribution in [1.29, 1.82) is 5.26 Å². The second kappa shape index (κ2) is 9.25. The van der Waals surface area contributed by atoms with Gasteiger partial charge in [-0.3, -0.25) is 9.69 Å². The van der Waals surface area contributed by atoms with Gasteiger partial charge in [0, 0.05) is 36.2 Å². The lowest BCUT2D eigenvalue weighted by atomic mass is 9.96. The van der Waals surface area contributed by atoms with Crippen LogP contribution in [-0.4, -0.2) is 41.9 Å². The van der Waals surface area contributed by atoms with E-state index in [4.69, 9.17) is 5.26 Å². The standard InChI is InChI=1S/C25H22BrN3O/c26-23-11-9-21(10-12-23)24(20-6-2-1-3-7-20)28-13-15-29(16-14-28)25(30)22-8-4-5-19(17-22)18-27/h1-12,17,24H,13-16H2/t24-/m1/s1. The van der Waals surface area contributed by atoms with E-state index in [2.05, 4.69) is 75.4 Å². The van der Waals surface area contributed by atoms with Crippen LogP contribution in [0.3, 0.4) is 0 Å². The zero-order valence-corrected chi connectivity index (χ0v) is 18.1. The van der Waals surface area contributed by atoms with Gasteiger partial charge in [0.05, 0.1) is 17.7 Å². The van der Waals surface area contributed by atoms with Gasteiger partial charge in [-0.1, -0.05) is 64.5 Å². The monoisotopic (exact) mass is 459 g/mol. The first kappa shape index (κ1) is 20.3. The predicted molar refractivity (Wildman–Crippen MR) is 121 cm³/mol. The summed E-state index contributed by atoms with van der Waals surface area (Å²) in [6.07, 6.45) is 0. The van der Waals surface area contributed by atoms with Gasteiger partial charge in [-0.2, -0.15) is 5.26 Å². The summed E-state index contributed by atoms with van der Waals surface area (Å²) in [6.45, 7) is 2.91. The van der Waals surface area contributed by atoms with Crippen LogP contribution in [0.25, 0.3) is 0 Å². The number of rotatable bonds is 4. The summed E-state index contributed by atoms with van der Waals surface area (Å²) in [7, 11) is 0. The van der Waals surface area contributed by atoms with Gasteiger partial charge in [0.2, 0.25) is 0 Å².